The van der Waals surface area contributed by atoms with Crippen LogP contribution in [0.2, 0.25) is 0 Å². The van der Waals surface area contributed by atoms with Gasteiger partial charge < -0.3 is 9.64 Å². The first-order valence-corrected chi connectivity index (χ1v) is 6.32. The number of esters is 1. The minimum absolute atomic E-state index is 0.0128. The molecule has 0 amide bonds. The standard InChI is InChI=1S/C13H16N4O4/c1-4-16(8-9(2)7-14)12-11(17(19)20)6-5-10(15-12)13(18)21-3/h5-6,9H,4,8H2,1-3H3. The number of methoxy groups -OCH3 is 1. The Morgan fingerprint density at radius 1 is 1.62 bits per heavy atom. The van der Waals surface area contributed by atoms with Gasteiger partial charge in [0.05, 0.1) is 24.0 Å². The summed E-state index contributed by atoms with van der Waals surface area (Å²) in [5.74, 6) is -0.934. The van der Waals surface area contributed by atoms with Crippen LogP contribution in [0.4, 0.5) is 11.5 Å². The molecule has 1 aromatic heterocycles. The van der Waals surface area contributed by atoms with Crippen molar-refractivity contribution in [2.75, 3.05) is 25.1 Å². The van der Waals surface area contributed by atoms with Crippen LogP contribution in [0.15, 0.2) is 12.1 Å². The number of ether oxygens (including phenoxy) is 1. The molecule has 1 heterocycles. The number of rotatable bonds is 6. The van der Waals surface area contributed by atoms with E-state index in [1.54, 1.807) is 18.7 Å². The Kier molecular flexibility index (Phi) is 5.60. The van der Waals surface area contributed by atoms with Crippen LogP contribution >= 0.6 is 0 Å². The normalized spacial score (nSPS) is 11.3. The highest BCUT2D eigenvalue weighted by Gasteiger charge is 2.24. The van der Waals surface area contributed by atoms with Gasteiger partial charge in [-0.2, -0.15) is 5.26 Å². The third-order valence-electron chi connectivity index (χ3n) is 2.84. The second-order valence-corrected chi connectivity index (χ2v) is 4.36. The minimum atomic E-state index is -0.671. The van der Waals surface area contributed by atoms with Gasteiger partial charge in [0, 0.05) is 19.2 Å². The number of nitro groups is 1. The molecule has 0 fully saturated rings. The van der Waals surface area contributed by atoms with Gasteiger partial charge >= 0.3 is 11.7 Å². The maximum Gasteiger partial charge on any atom is 0.356 e. The zero-order valence-electron chi connectivity index (χ0n) is 12.1. The molecule has 0 saturated heterocycles. The van der Waals surface area contributed by atoms with Crippen LogP contribution in [-0.4, -0.2) is 36.1 Å². The average molecular weight is 292 g/mol. The molecule has 112 valence electrons. The highest BCUT2D eigenvalue weighted by atomic mass is 16.6. The molecule has 1 atom stereocenters. The van der Waals surface area contributed by atoms with Crippen molar-refractivity contribution in [3.8, 4) is 6.07 Å². The van der Waals surface area contributed by atoms with Crippen molar-refractivity contribution in [1.29, 1.82) is 5.26 Å². The summed E-state index contributed by atoms with van der Waals surface area (Å²) in [5.41, 5.74) is -0.226. The molecule has 1 aromatic rings. The predicted molar refractivity (Wildman–Crippen MR) is 74.9 cm³/mol. The first-order valence-electron chi connectivity index (χ1n) is 6.32. The number of nitrogens with zero attached hydrogens (tertiary/aromatic N) is 4. The Morgan fingerprint density at radius 2 is 2.29 bits per heavy atom. The lowest BCUT2D eigenvalue weighted by Crippen LogP contribution is -2.29. The number of hydrogen-bond acceptors (Lipinski definition) is 7. The third-order valence-corrected chi connectivity index (χ3v) is 2.84. The fourth-order valence-electron chi connectivity index (χ4n) is 1.77. The monoisotopic (exact) mass is 292 g/mol. The Hall–Kier alpha value is -2.69. The van der Waals surface area contributed by atoms with Gasteiger partial charge in [-0.3, -0.25) is 10.1 Å². The van der Waals surface area contributed by atoms with Crippen LogP contribution in [0.3, 0.4) is 0 Å². The molecule has 0 bridgehead atoms. The van der Waals surface area contributed by atoms with E-state index in [-0.39, 0.29) is 29.7 Å². The molecule has 21 heavy (non-hydrogen) atoms. The summed E-state index contributed by atoms with van der Waals surface area (Å²) in [7, 11) is 1.21. The number of carbonyl (C=O) groups excluding carboxylic acids is 1. The molecule has 0 saturated carbocycles. The summed E-state index contributed by atoms with van der Waals surface area (Å²) in [4.78, 5) is 27.7. The molecule has 0 aliphatic rings. The van der Waals surface area contributed by atoms with Crippen LogP contribution in [0.1, 0.15) is 24.3 Å². The van der Waals surface area contributed by atoms with E-state index in [0.29, 0.717) is 6.54 Å². The van der Waals surface area contributed by atoms with Crippen LogP contribution < -0.4 is 4.90 Å². The summed E-state index contributed by atoms with van der Waals surface area (Å²) < 4.78 is 4.57. The molecule has 0 aromatic carbocycles. The Labute approximate surface area is 122 Å². The Bertz CT molecular complexity index is 582. The largest absolute Gasteiger partial charge is 0.464 e. The van der Waals surface area contributed by atoms with Crippen molar-refractivity contribution in [1.82, 2.24) is 4.98 Å². The van der Waals surface area contributed by atoms with Crippen molar-refractivity contribution in [3.63, 3.8) is 0 Å². The topological polar surface area (TPSA) is 109 Å². The van der Waals surface area contributed by atoms with E-state index < -0.39 is 10.9 Å². The zero-order valence-corrected chi connectivity index (χ0v) is 12.1. The van der Waals surface area contributed by atoms with Gasteiger partial charge in [-0.15, -0.1) is 0 Å². The van der Waals surface area contributed by atoms with Gasteiger partial charge in [0.1, 0.15) is 0 Å². The predicted octanol–water partition coefficient (Wildman–Crippen LogP) is 1.76. The molecule has 8 nitrogen and oxygen atoms in total. The summed E-state index contributed by atoms with van der Waals surface area (Å²) in [6.07, 6.45) is 0. The number of anilines is 1. The van der Waals surface area contributed by atoms with E-state index in [9.17, 15) is 14.9 Å². The molecular weight excluding hydrogens is 276 g/mol. The molecule has 0 N–H and O–H groups in total. The lowest BCUT2D eigenvalue weighted by atomic mass is 10.2. The highest BCUT2D eigenvalue weighted by molar-refractivity contribution is 5.88. The van der Waals surface area contributed by atoms with E-state index in [4.69, 9.17) is 5.26 Å². The van der Waals surface area contributed by atoms with E-state index in [2.05, 4.69) is 15.8 Å². The van der Waals surface area contributed by atoms with E-state index >= 15 is 0 Å². The summed E-state index contributed by atoms with van der Waals surface area (Å²) in [5, 5.41) is 20.0. The van der Waals surface area contributed by atoms with Crippen LogP contribution in [0.5, 0.6) is 0 Å². The smallest absolute Gasteiger partial charge is 0.356 e. The molecule has 0 aliphatic carbocycles. The first-order chi connectivity index (χ1) is 9.94. The maximum atomic E-state index is 11.5. The second-order valence-electron chi connectivity index (χ2n) is 4.36. The van der Waals surface area contributed by atoms with E-state index in [0.717, 1.165) is 0 Å². The molecular formula is C13H16N4O4. The SMILES string of the molecule is CCN(CC(C)C#N)c1nc(C(=O)OC)ccc1[N+](=O)[O-]. The molecule has 0 radical (unpaired) electrons. The zero-order chi connectivity index (χ0) is 16.0. The van der Waals surface area contributed by atoms with Crippen molar-refractivity contribution >= 4 is 17.5 Å². The minimum Gasteiger partial charge on any atom is -0.464 e. The van der Waals surface area contributed by atoms with Crippen LogP contribution in [-0.2, 0) is 4.74 Å². The van der Waals surface area contributed by atoms with Gasteiger partial charge in [-0.05, 0) is 19.9 Å². The second kappa shape index (κ2) is 7.19. The molecule has 1 unspecified atom stereocenters. The third kappa shape index (κ3) is 3.89. The van der Waals surface area contributed by atoms with E-state index in [1.165, 1.54) is 19.2 Å². The van der Waals surface area contributed by atoms with Crippen molar-refractivity contribution < 1.29 is 14.5 Å². The van der Waals surface area contributed by atoms with Crippen molar-refractivity contribution in [2.45, 2.75) is 13.8 Å². The molecule has 1 rings (SSSR count). The fourth-order valence-corrected chi connectivity index (χ4v) is 1.77. The molecule has 8 heteroatoms. The maximum absolute atomic E-state index is 11.5. The number of pyridine rings is 1. The van der Waals surface area contributed by atoms with Gasteiger partial charge in [0.15, 0.2) is 5.69 Å². The summed E-state index contributed by atoms with van der Waals surface area (Å²) >= 11 is 0. The Balaban J connectivity index is 3.30. The Morgan fingerprint density at radius 3 is 2.76 bits per heavy atom. The van der Waals surface area contributed by atoms with Gasteiger partial charge in [0.2, 0.25) is 5.82 Å². The van der Waals surface area contributed by atoms with Gasteiger partial charge in [-0.1, -0.05) is 0 Å². The summed E-state index contributed by atoms with van der Waals surface area (Å²) in [6.45, 7) is 4.20. The molecule has 0 aliphatic heterocycles. The highest BCUT2D eigenvalue weighted by Crippen LogP contribution is 2.27. The number of nitriles is 1. The summed E-state index contributed by atoms with van der Waals surface area (Å²) in [6, 6.07) is 4.53. The van der Waals surface area contributed by atoms with E-state index in [1.807, 2.05) is 0 Å². The van der Waals surface area contributed by atoms with Crippen molar-refractivity contribution in [3.05, 3.63) is 27.9 Å². The van der Waals surface area contributed by atoms with Crippen molar-refractivity contribution in [2.24, 2.45) is 5.92 Å². The lowest BCUT2D eigenvalue weighted by Gasteiger charge is -2.22. The van der Waals surface area contributed by atoms with Gasteiger partial charge in [0.25, 0.3) is 0 Å². The number of aromatic nitrogens is 1. The number of hydrogen-bond donors (Lipinski definition) is 0. The van der Waals surface area contributed by atoms with Crippen LogP contribution in [0.25, 0.3) is 0 Å². The lowest BCUT2D eigenvalue weighted by molar-refractivity contribution is -0.384. The quantitative estimate of drug-likeness (QED) is 0.446. The van der Waals surface area contributed by atoms with Crippen LogP contribution in [0, 0.1) is 27.4 Å². The molecule has 0 spiro atoms. The number of carbonyl (C=O) groups is 1. The first kappa shape index (κ1) is 16.4. The fraction of sp³-hybridized carbons (Fsp3) is 0.462. The average Bonchev–Trinajstić information content (AvgIpc) is 2.50. The van der Waals surface area contributed by atoms with Gasteiger partial charge in [-0.25, -0.2) is 9.78 Å².